The van der Waals surface area contributed by atoms with Crippen LogP contribution in [0.15, 0.2) is 48.5 Å². The second-order valence-electron chi connectivity index (χ2n) is 21.4. The molecule has 0 amide bonds. The standard InChI is InChI=1S/C60H72O24.8Na/c61-45-25-47(63)39-21-37(45)29(13-5-1-9-17-33(53(69)70)54(71)72)38-22-40(48(64)26-46(38)62)31(15-7-3-11-19-35(57(77)78)58(79)80)42-24-44(52(68)28-50(42)66)32(16-8-4-12-20-36(59(81)82)60(83)84)43-23-41(49(65)27-51(43)67)30(39)14-6-2-10-18-34(55(73)74)56(75)76;;;;;;;;/h21-36,61-68H,1-20H2,(H,69,70)(H,71,72)(H,73,74)(H,75,76)(H,77,78)(H,79,80)(H,81,82)(H,83,84);;;;;;;;/q;8*+1/p-8. The number of hydrogen-bond donors (Lipinski definition) is 8. The van der Waals surface area contributed by atoms with Gasteiger partial charge in [0.1, 0.15) is 0 Å². The monoisotopic (exact) mass is 1350 g/mol. The zero-order chi connectivity index (χ0) is 62.3. The molecule has 4 aromatic rings. The molecule has 0 atom stereocenters. The molecule has 0 heterocycles. The number of carboxylic acids is 8. The number of benzene rings is 4. The Labute approximate surface area is 708 Å². The molecular weight excluding hydrogens is 1290 g/mol. The van der Waals surface area contributed by atoms with Crippen molar-refractivity contribution in [3.8, 4) is 46.0 Å². The quantitative estimate of drug-likeness (QED) is 0.0128. The van der Waals surface area contributed by atoms with E-state index in [9.17, 15) is 120 Å². The van der Waals surface area contributed by atoms with Gasteiger partial charge in [0, 0.05) is 23.7 Å². The SMILES string of the molecule is O=C(O)C(CCCCCC1c2cc(c([O-])cc2[O-])C(CCCCCC(C(=O)O)C(=O)O)c2cc(c([O-])cc2[O-])C(CCCCCC(C(=O)O)C(=O)O)c2cc(c([O-])cc2[O-])C(CCCCCC(C(=O)O)C(=O)O)c2cc1c([O-])cc2[O-])C(=O)O.[Na+].[Na+].[Na+].[Na+].[Na+].[Na+].[Na+].[Na+]. The Morgan fingerprint density at radius 2 is 0.370 bits per heavy atom. The minimum absolute atomic E-state index is 0. The van der Waals surface area contributed by atoms with Gasteiger partial charge in [-0.2, -0.15) is 0 Å². The predicted octanol–water partition coefficient (Wildman–Crippen LogP) is -19.9. The summed E-state index contributed by atoms with van der Waals surface area (Å²) in [7, 11) is 0. The first-order chi connectivity index (χ1) is 39.7. The topological polar surface area (TPSA) is 483 Å². The maximum absolute atomic E-state index is 14.4. The minimum atomic E-state index is -1.77. The van der Waals surface area contributed by atoms with Crippen molar-refractivity contribution in [3.05, 3.63) is 93.0 Å². The summed E-state index contributed by atoms with van der Waals surface area (Å²) in [4.78, 5) is 93.5. The fraction of sp³-hybridized carbons (Fsp3) is 0.467. The maximum atomic E-state index is 14.4. The Morgan fingerprint density at radius 1 is 0.239 bits per heavy atom. The normalized spacial score (nSPS) is 14.4. The first-order valence-corrected chi connectivity index (χ1v) is 27.6. The van der Waals surface area contributed by atoms with Crippen molar-refractivity contribution in [2.24, 2.45) is 23.7 Å². The van der Waals surface area contributed by atoms with Crippen LogP contribution >= 0.6 is 0 Å². The van der Waals surface area contributed by atoms with E-state index >= 15 is 0 Å². The Balaban J connectivity index is -0.00000484. The molecule has 0 aromatic heterocycles. The van der Waals surface area contributed by atoms with Crippen molar-refractivity contribution in [1.82, 2.24) is 0 Å². The smallest absolute Gasteiger partial charge is 0.872 e. The van der Waals surface area contributed by atoms with Crippen LogP contribution < -0.4 is 277 Å². The molecule has 92 heavy (non-hydrogen) atoms. The van der Waals surface area contributed by atoms with Crippen molar-refractivity contribution < 1.29 is 357 Å². The van der Waals surface area contributed by atoms with E-state index in [-0.39, 0.29) is 409 Å². The van der Waals surface area contributed by atoms with Crippen LogP contribution in [0.5, 0.6) is 46.0 Å². The van der Waals surface area contributed by atoms with E-state index in [1.54, 1.807) is 0 Å². The zero-order valence-corrected chi connectivity index (χ0v) is 69.5. The van der Waals surface area contributed by atoms with E-state index in [2.05, 4.69) is 0 Å². The van der Waals surface area contributed by atoms with Crippen LogP contribution in [0, 0.1) is 23.7 Å². The summed E-state index contributed by atoms with van der Waals surface area (Å²) in [5.41, 5.74) is -1.72. The number of unbranched alkanes of at least 4 members (excludes halogenated alkanes) is 8. The molecule has 0 unspecified atom stereocenters. The van der Waals surface area contributed by atoms with Crippen molar-refractivity contribution in [2.75, 3.05) is 0 Å². The van der Waals surface area contributed by atoms with Crippen LogP contribution in [-0.4, -0.2) is 88.6 Å². The van der Waals surface area contributed by atoms with Gasteiger partial charge in [-0.3, -0.25) is 38.4 Å². The summed E-state index contributed by atoms with van der Waals surface area (Å²) in [6, 6.07) is 7.59. The maximum Gasteiger partial charge on any atom is 1.00 e. The molecule has 0 spiro atoms. The number of rotatable bonds is 32. The molecule has 0 saturated heterocycles. The van der Waals surface area contributed by atoms with Gasteiger partial charge in [0.25, 0.3) is 0 Å². The van der Waals surface area contributed by atoms with Crippen LogP contribution in [0.3, 0.4) is 0 Å². The van der Waals surface area contributed by atoms with Crippen LogP contribution in [-0.2, 0) is 38.4 Å². The molecule has 8 N–H and O–H groups in total. The third-order valence-electron chi connectivity index (χ3n) is 15.9. The molecule has 32 heteroatoms. The summed E-state index contributed by atoms with van der Waals surface area (Å²) < 4.78 is 0. The van der Waals surface area contributed by atoms with Gasteiger partial charge in [-0.15, -0.1) is 46.0 Å². The second kappa shape index (κ2) is 47.2. The molecule has 0 saturated carbocycles. The number of hydrogen-bond acceptors (Lipinski definition) is 16. The molecule has 0 aliphatic heterocycles. The van der Waals surface area contributed by atoms with Crippen LogP contribution in [0.4, 0.5) is 0 Å². The Morgan fingerprint density at radius 3 is 0.489 bits per heavy atom. The second-order valence-corrected chi connectivity index (χ2v) is 21.4. The van der Waals surface area contributed by atoms with E-state index < -0.39 is 141 Å². The fourth-order valence-electron chi connectivity index (χ4n) is 11.4. The minimum Gasteiger partial charge on any atom is -0.872 e. The van der Waals surface area contributed by atoms with Gasteiger partial charge in [0.2, 0.25) is 0 Å². The molecule has 1 aliphatic carbocycles. The Bertz CT molecular complexity index is 2550. The molecule has 8 bridgehead atoms. The van der Waals surface area contributed by atoms with E-state index in [0.29, 0.717) is 24.3 Å². The number of carboxylic acid groups (broad SMARTS) is 8. The van der Waals surface area contributed by atoms with E-state index in [1.165, 1.54) is 24.3 Å². The van der Waals surface area contributed by atoms with Crippen molar-refractivity contribution in [3.63, 3.8) is 0 Å². The number of carbonyl (C=O) groups is 8. The molecule has 4 aromatic carbocycles. The first-order valence-electron chi connectivity index (χ1n) is 27.6. The van der Waals surface area contributed by atoms with Crippen LogP contribution in [0.2, 0.25) is 0 Å². The molecule has 0 radical (unpaired) electrons. The average molecular weight is 1350 g/mol. The van der Waals surface area contributed by atoms with E-state index in [1.807, 2.05) is 0 Å². The van der Waals surface area contributed by atoms with Crippen LogP contribution in [0.1, 0.15) is 197 Å². The molecule has 24 nitrogen and oxygen atoms in total. The van der Waals surface area contributed by atoms with Gasteiger partial charge in [0.05, 0.1) is 0 Å². The van der Waals surface area contributed by atoms with Crippen molar-refractivity contribution >= 4 is 47.8 Å². The summed E-state index contributed by atoms with van der Waals surface area (Å²) >= 11 is 0. The third kappa shape index (κ3) is 27.3. The Hall–Kier alpha value is -0.960. The van der Waals surface area contributed by atoms with E-state index in [0.717, 1.165) is 0 Å². The van der Waals surface area contributed by atoms with Crippen molar-refractivity contribution in [2.45, 2.75) is 152 Å². The van der Waals surface area contributed by atoms with Crippen LogP contribution in [0.25, 0.3) is 0 Å². The molecular formula is C60H64Na8O24. The fourth-order valence-corrected chi connectivity index (χ4v) is 11.4. The van der Waals surface area contributed by atoms with Gasteiger partial charge in [-0.05, 0) is 95.9 Å². The molecule has 5 rings (SSSR count). The van der Waals surface area contributed by atoms with Gasteiger partial charge in [-0.1, -0.05) is 126 Å². The largest absolute Gasteiger partial charge is 1.00 e. The van der Waals surface area contributed by atoms with Gasteiger partial charge in [-0.25, -0.2) is 0 Å². The summed E-state index contributed by atoms with van der Waals surface area (Å²) in [6.07, 6.45) is -1.04. The number of fused-ring (bicyclic) bond motifs is 8. The third-order valence-corrected chi connectivity index (χ3v) is 15.9. The van der Waals surface area contributed by atoms with Gasteiger partial charge >= 0.3 is 284 Å². The summed E-state index contributed by atoms with van der Waals surface area (Å²) in [6.45, 7) is 0. The van der Waals surface area contributed by atoms with Gasteiger partial charge in [0.15, 0.2) is 23.7 Å². The summed E-state index contributed by atoms with van der Waals surface area (Å²) in [5.74, 6) is -32.4. The van der Waals surface area contributed by atoms with Gasteiger partial charge < -0.3 is 81.7 Å². The average Bonchev–Trinajstić information content (AvgIpc) is 1.37. The zero-order valence-electron chi connectivity index (χ0n) is 53.5. The molecule has 1 aliphatic rings. The van der Waals surface area contributed by atoms with Crippen molar-refractivity contribution in [1.29, 1.82) is 0 Å². The number of aliphatic carboxylic acids is 8. The molecule has 0 fully saturated rings. The molecule has 456 valence electrons. The first kappa shape index (κ1) is 97.4. The predicted molar refractivity (Wildman–Crippen MR) is 276 cm³/mol. The Kier molecular flexibility index (Phi) is 49.9. The summed E-state index contributed by atoms with van der Waals surface area (Å²) in [5, 5.41) is 191. The van der Waals surface area contributed by atoms with E-state index in [4.69, 9.17) is 0 Å².